The van der Waals surface area contributed by atoms with E-state index in [9.17, 15) is 9.59 Å². The lowest BCUT2D eigenvalue weighted by atomic mass is 10.2. The fraction of sp³-hybridized carbons (Fsp3) is 0.0556. The first-order valence-corrected chi connectivity index (χ1v) is 9.19. The van der Waals surface area contributed by atoms with Gasteiger partial charge in [0.25, 0.3) is 5.91 Å². The molecule has 0 bridgehead atoms. The Morgan fingerprint density at radius 1 is 1.04 bits per heavy atom. The predicted molar refractivity (Wildman–Crippen MR) is 105 cm³/mol. The minimum Gasteiger partial charge on any atom is -0.343 e. The number of thiazole rings is 1. The first kappa shape index (κ1) is 18.4. The van der Waals surface area contributed by atoms with E-state index in [0.717, 1.165) is 10.6 Å². The number of hydrogen-bond donors (Lipinski definition) is 2. The summed E-state index contributed by atoms with van der Waals surface area (Å²) < 4.78 is 0. The Balaban J connectivity index is 1.53. The van der Waals surface area contributed by atoms with Crippen molar-refractivity contribution in [2.45, 2.75) is 0 Å². The van der Waals surface area contributed by atoms with Crippen LogP contribution < -0.4 is 10.6 Å². The summed E-state index contributed by atoms with van der Waals surface area (Å²) in [4.78, 5) is 28.3. The van der Waals surface area contributed by atoms with Crippen molar-refractivity contribution in [2.75, 3.05) is 11.9 Å². The maximum atomic E-state index is 12.0. The summed E-state index contributed by atoms with van der Waals surface area (Å²) in [5.74, 6) is -0.738. The van der Waals surface area contributed by atoms with E-state index >= 15 is 0 Å². The molecule has 0 saturated carbocycles. The predicted octanol–water partition coefficient (Wildman–Crippen LogP) is 4.49. The number of anilines is 1. The maximum Gasteiger partial charge on any atom is 0.251 e. The summed E-state index contributed by atoms with van der Waals surface area (Å²) in [6, 6.07) is 11.9. The van der Waals surface area contributed by atoms with E-state index in [1.807, 2.05) is 17.5 Å². The van der Waals surface area contributed by atoms with Crippen molar-refractivity contribution in [3.8, 4) is 10.6 Å². The summed E-state index contributed by atoms with van der Waals surface area (Å²) in [6.45, 7) is -0.159. The standard InChI is InChI=1S/C18H13Cl2N3O2S/c19-14-6-3-12(9-15(14)20)17(25)22-10-16(24)23-13-4-1-11(2-5-13)18-21-7-8-26-18/h1-9H,10H2,(H,22,25)(H,23,24). The summed E-state index contributed by atoms with van der Waals surface area (Å²) in [5, 5.41) is 8.72. The molecule has 8 heteroatoms. The normalized spacial score (nSPS) is 10.4. The lowest BCUT2D eigenvalue weighted by Gasteiger charge is -2.08. The molecule has 2 N–H and O–H groups in total. The number of nitrogens with zero attached hydrogens (tertiary/aromatic N) is 1. The molecule has 3 rings (SSSR count). The topological polar surface area (TPSA) is 71.1 Å². The first-order valence-electron chi connectivity index (χ1n) is 7.56. The lowest BCUT2D eigenvalue weighted by Crippen LogP contribution is -2.32. The highest BCUT2D eigenvalue weighted by molar-refractivity contribution is 7.13. The van der Waals surface area contributed by atoms with E-state index in [0.29, 0.717) is 16.3 Å². The number of carbonyl (C=O) groups is 2. The number of carbonyl (C=O) groups excluding carboxylic acids is 2. The third-order valence-corrected chi connectivity index (χ3v) is 5.00. The second kappa shape index (κ2) is 8.31. The van der Waals surface area contributed by atoms with Gasteiger partial charge in [-0.1, -0.05) is 23.2 Å². The van der Waals surface area contributed by atoms with Gasteiger partial charge in [-0.15, -0.1) is 11.3 Å². The largest absolute Gasteiger partial charge is 0.343 e. The Hall–Kier alpha value is -2.41. The van der Waals surface area contributed by atoms with E-state index in [1.54, 1.807) is 35.7 Å². The minimum absolute atomic E-state index is 0.159. The zero-order valence-electron chi connectivity index (χ0n) is 13.3. The minimum atomic E-state index is -0.405. The molecule has 0 unspecified atom stereocenters. The van der Waals surface area contributed by atoms with Crippen molar-refractivity contribution in [3.63, 3.8) is 0 Å². The van der Waals surface area contributed by atoms with Crippen LogP contribution >= 0.6 is 34.5 Å². The molecule has 3 aromatic rings. The lowest BCUT2D eigenvalue weighted by molar-refractivity contribution is -0.115. The van der Waals surface area contributed by atoms with E-state index in [4.69, 9.17) is 23.2 Å². The van der Waals surface area contributed by atoms with Crippen LogP contribution in [0.4, 0.5) is 5.69 Å². The third-order valence-electron chi connectivity index (χ3n) is 3.44. The molecule has 0 fully saturated rings. The van der Waals surface area contributed by atoms with Gasteiger partial charge in [0, 0.05) is 28.4 Å². The molecular weight excluding hydrogens is 393 g/mol. The molecule has 0 aliphatic rings. The Labute approximate surface area is 164 Å². The number of benzene rings is 2. The van der Waals surface area contributed by atoms with Gasteiger partial charge in [0.1, 0.15) is 5.01 Å². The van der Waals surface area contributed by atoms with Gasteiger partial charge in [0.15, 0.2) is 0 Å². The molecule has 0 atom stereocenters. The van der Waals surface area contributed by atoms with Gasteiger partial charge in [-0.25, -0.2) is 4.98 Å². The van der Waals surface area contributed by atoms with Crippen molar-refractivity contribution < 1.29 is 9.59 Å². The van der Waals surface area contributed by atoms with Crippen LogP contribution in [0.2, 0.25) is 10.0 Å². The van der Waals surface area contributed by atoms with Crippen LogP contribution in [0.15, 0.2) is 54.0 Å². The SMILES string of the molecule is O=C(CNC(=O)c1ccc(Cl)c(Cl)c1)Nc1ccc(-c2nccs2)cc1. The van der Waals surface area contributed by atoms with Gasteiger partial charge in [-0.3, -0.25) is 9.59 Å². The molecule has 0 radical (unpaired) electrons. The molecule has 0 spiro atoms. The molecule has 5 nitrogen and oxygen atoms in total. The van der Waals surface area contributed by atoms with Crippen LogP contribution in [0.5, 0.6) is 0 Å². The quantitative estimate of drug-likeness (QED) is 0.656. The van der Waals surface area contributed by atoms with Crippen LogP contribution in [0.25, 0.3) is 10.6 Å². The molecule has 1 heterocycles. The Kier molecular flexibility index (Phi) is 5.88. The van der Waals surface area contributed by atoms with Crippen LogP contribution in [0, 0.1) is 0 Å². The highest BCUT2D eigenvalue weighted by atomic mass is 35.5. The highest BCUT2D eigenvalue weighted by Crippen LogP contribution is 2.23. The van der Waals surface area contributed by atoms with Crippen molar-refractivity contribution in [1.82, 2.24) is 10.3 Å². The molecule has 132 valence electrons. The Morgan fingerprint density at radius 3 is 2.46 bits per heavy atom. The van der Waals surface area contributed by atoms with Crippen LogP contribution in [0.1, 0.15) is 10.4 Å². The number of nitrogens with one attached hydrogen (secondary N) is 2. The number of halogens is 2. The summed E-state index contributed by atoms with van der Waals surface area (Å²) in [7, 11) is 0. The van der Waals surface area contributed by atoms with Gasteiger partial charge in [-0.2, -0.15) is 0 Å². The van der Waals surface area contributed by atoms with Gasteiger partial charge in [0.05, 0.1) is 16.6 Å². The molecule has 0 aliphatic carbocycles. The van der Waals surface area contributed by atoms with Crippen LogP contribution in [-0.4, -0.2) is 23.3 Å². The van der Waals surface area contributed by atoms with Gasteiger partial charge in [0.2, 0.25) is 5.91 Å². The van der Waals surface area contributed by atoms with E-state index in [1.165, 1.54) is 12.1 Å². The Bertz CT molecular complexity index is 928. The summed E-state index contributed by atoms with van der Waals surface area (Å²) >= 11 is 13.2. The first-order chi connectivity index (χ1) is 12.5. The number of rotatable bonds is 5. The van der Waals surface area contributed by atoms with E-state index in [2.05, 4.69) is 15.6 Å². The second-order valence-corrected chi connectivity index (χ2v) is 6.98. The Morgan fingerprint density at radius 2 is 1.81 bits per heavy atom. The molecule has 2 amide bonds. The van der Waals surface area contributed by atoms with Gasteiger partial charge in [-0.05, 0) is 42.5 Å². The molecular formula is C18H13Cl2N3O2S. The van der Waals surface area contributed by atoms with Crippen LogP contribution in [-0.2, 0) is 4.79 Å². The van der Waals surface area contributed by atoms with Crippen molar-refractivity contribution in [2.24, 2.45) is 0 Å². The zero-order valence-corrected chi connectivity index (χ0v) is 15.7. The second-order valence-electron chi connectivity index (χ2n) is 5.27. The monoisotopic (exact) mass is 405 g/mol. The zero-order chi connectivity index (χ0) is 18.5. The van der Waals surface area contributed by atoms with Gasteiger partial charge < -0.3 is 10.6 Å². The fourth-order valence-electron chi connectivity index (χ4n) is 2.17. The van der Waals surface area contributed by atoms with E-state index < -0.39 is 5.91 Å². The molecule has 2 aromatic carbocycles. The number of aromatic nitrogens is 1. The van der Waals surface area contributed by atoms with E-state index in [-0.39, 0.29) is 17.5 Å². The van der Waals surface area contributed by atoms with Gasteiger partial charge >= 0.3 is 0 Å². The van der Waals surface area contributed by atoms with Crippen molar-refractivity contribution >= 4 is 52.0 Å². The average molecular weight is 406 g/mol. The molecule has 0 saturated heterocycles. The maximum absolute atomic E-state index is 12.0. The highest BCUT2D eigenvalue weighted by Gasteiger charge is 2.10. The summed E-state index contributed by atoms with van der Waals surface area (Å²) in [6.07, 6.45) is 1.74. The van der Waals surface area contributed by atoms with Crippen molar-refractivity contribution in [3.05, 3.63) is 69.7 Å². The average Bonchev–Trinajstić information content (AvgIpc) is 3.17. The molecule has 0 aliphatic heterocycles. The smallest absolute Gasteiger partial charge is 0.251 e. The van der Waals surface area contributed by atoms with Crippen LogP contribution in [0.3, 0.4) is 0 Å². The summed E-state index contributed by atoms with van der Waals surface area (Å²) in [5.41, 5.74) is 1.95. The molecule has 1 aromatic heterocycles. The third kappa shape index (κ3) is 4.60. The molecule has 26 heavy (non-hydrogen) atoms. The number of amides is 2. The number of hydrogen-bond acceptors (Lipinski definition) is 4. The van der Waals surface area contributed by atoms with Crippen molar-refractivity contribution in [1.29, 1.82) is 0 Å². The fourth-order valence-corrected chi connectivity index (χ4v) is 3.11.